The second-order valence-electron chi connectivity index (χ2n) is 8.36. The van der Waals surface area contributed by atoms with Crippen LogP contribution in [0, 0.1) is 0 Å². The van der Waals surface area contributed by atoms with E-state index in [1.54, 1.807) is 42.5 Å². The molecule has 0 saturated carbocycles. The van der Waals surface area contributed by atoms with Crippen LogP contribution in [0.1, 0.15) is 33.2 Å². The van der Waals surface area contributed by atoms with Crippen molar-refractivity contribution in [2.45, 2.75) is 11.8 Å². The van der Waals surface area contributed by atoms with Gasteiger partial charge in [0.2, 0.25) is 0 Å². The van der Waals surface area contributed by atoms with Crippen LogP contribution in [0.2, 0.25) is 5.02 Å². The van der Waals surface area contributed by atoms with E-state index in [9.17, 15) is 18.0 Å². The summed E-state index contributed by atoms with van der Waals surface area (Å²) in [6, 6.07) is 23.1. The zero-order valence-corrected chi connectivity index (χ0v) is 24.7. The molecule has 0 unspecified atom stereocenters. The standard InChI is InChI=1S/C29H23BrClN3O6S/c1-2-39-25-12-5-20(6-13-25)29(36)40-27-16-7-22(30)17-21(27)18-32-33-28(35)19-3-10-24(11-4-19)34-41(37,38)26-14-8-23(31)9-15-26/h3-18,34H,2H2,1H3,(H,33,35)/b32-18-. The summed E-state index contributed by atoms with van der Waals surface area (Å²) in [7, 11) is -3.82. The van der Waals surface area contributed by atoms with E-state index >= 15 is 0 Å². The molecule has 4 rings (SSSR count). The van der Waals surface area contributed by atoms with Gasteiger partial charge in [0.1, 0.15) is 11.5 Å². The highest BCUT2D eigenvalue weighted by atomic mass is 79.9. The summed E-state index contributed by atoms with van der Waals surface area (Å²) in [5, 5.41) is 4.40. The first-order valence-electron chi connectivity index (χ1n) is 12.1. The Bertz CT molecular complexity index is 1680. The van der Waals surface area contributed by atoms with Gasteiger partial charge < -0.3 is 9.47 Å². The fourth-order valence-corrected chi connectivity index (χ4v) is 5.03. The monoisotopic (exact) mass is 655 g/mol. The first-order chi connectivity index (χ1) is 19.6. The average Bonchev–Trinajstić information content (AvgIpc) is 2.95. The summed E-state index contributed by atoms with van der Waals surface area (Å²) in [4.78, 5) is 25.3. The van der Waals surface area contributed by atoms with Crippen molar-refractivity contribution >= 4 is 61.3 Å². The van der Waals surface area contributed by atoms with Crippen LogP contribution in [0.3, 0.4) is 0 Å². The summed E-state index contributed by atoms with van der Waals surface area (Å²) in [5.41, 5.74) is 3.70. The van der Waals surface area contributed by atoms with E-state index in [2.05, 4.69) is 31.2 Å². The van der Waals surface area contributed by atoms with Crippen LogP contribution in [0.25, 0.3) is 0 Å². The number of halogens is 2. The van der Waals surface area contributed by atoms with Crippen molar-refractivity contribution in [2.24, 2.45) is 5.10 Å². The molecule has 12 heteroatoms. The van der Waals surface area contributed by atoms with Gasteiger partial charge in [-0.05, 0) is 97.9 Å². The van der Waals surface area contributed by atoms with Crippen LogP contribution < -0.4 is 19.6 Å². The highest BCUT2D eigenvalue weighted by Crippen LogP contribution is 2.24. The molecule has 0 aliphatic carbocycles. The Morgan fingerprint density at radius 2 is 1.59 bits per heavy atom. The van der Waals surface area contributed by atoms with Crippen LogP contribution >= 0.6 is 27.5 Å². The highest BCUT2D eigenvalue weighted by Gasteiger charge is 2.15. The average molecular weight is 657 g/mol. The van der Waals surface area contributed by atoms with Crippen molar-refractivity contribution in [1.82, 2.24) is 5.43 Å². The third-order valence-corrected chi connectivity index (χ3v) is 7.61. The van der Waals surface area contributed by atoms with Gasteiger partial charge in [0.25, 0.3) is 15.9 Å². The molecule has 0 bridgehead atoms. The van der Waals surface area contributed by atoms with Crippen molar-refractivity contribution < 1.29 is 27.5 Å². The fraction of sp³-hybridized carbons (Fsp3) is 0.0690. The molecule has 2 N–H and O–H groups in total. The molecule has 0 aliphatic rings. The van der Waals surface area contributed by atoms with E-state index in [1.165, 1.54) is 54.7 Å². The lowest BCUT2D eigenvalue weighted by Gasteiger charge is -2.09. The second-order valence-corrected chi connectivity index (χ2v) is 11.4. The number of hydrogen-bond donors (Lipinski definition) is 2. The van der Waals surface area contributed by atoms with Crippen LogP contribution in [-0.4, -0.2) is 33.1 Å². The first-order valence-corrected chi connectivity index (χ1v) is 14.8. The number of sulfonamides is 1. The van der Waals surface area contributed by atoms with Crippen molar-refractivity contribution in [2.75, 3.05) is 11.3 Å². The fourth-order valence-electron chi connectivity index (χ4n) is 3.47. The number of hydrazone groups is 1. The predicted octanol–water partition coefficient (Wildman–Crippen LogP) is 6.29. The Morgan fingerprint density at radius 1 is 0.927 bits per heavy atom. The minimum absolute atomic E-state index is 0.0511. The number of nitrogens with zero attached hydrogens (tertiary/aromatic N) is 1. The molecule has 41 heavy (non-hydrogen) atoms. The third-order valence-electron chi connectivity index (χ3n) is 5.47. The van der Waals surface area contributed by atoms with Gasteiger partial charge in [-0.2, -0.15) is 5.10 Å². The molecule has 4 aromatic carbocycles. The molecule has 0 heterocycles. The minimum atomic E-state index is -3.82. The molecule has 0 aromatic heterocycles. The molecule has 0 spiro atoms. The Hall–Kier alpha value is -4.19. The molecule has 4 aromatic rings. The molecule has 0 radical (unpaired) electrons. The van der Waals surface area contributed by atoms with E-state index in [-0.39, 0.29) is 21.9 Å². The Kier molecular flexibility index (Phi) is 9.77. The van der Waals surface area contributed by atoms with Crippen molar-refractivity contribution in [3.8, 4) is 11.5 Å². The largest absolute Gasteiger partial charge is 0.494 e. The Balaban J connectivity index is 1.39. The number of rotatable bonds is 10. The maximum Gasteiger partial charge on any atom is 0.343 e. The number of anilines is 1. The maximum absolute atomic E-state index is 12.7. The summed E-state index contributed by atoms with van der Waals surface area (Å²) >= 11 is 9.20. The normalized spacial score (nSPS) is 11.2. The van der Waals surface area contributed by atoms with Gasteiger partial charge in [-0.3, -0.25) is 9.52 Å². The molecular weight excluding hydrogens is 634 g/mol. The van der Waals surface area contributed by atoms with Crippen LogP contribution in [-0.2, 0) is 10.0 Å². The van der Waals surface area contributed by atoms with Gasteiger partial charge in [0.05, 0.1) is 23.3 Å². The van der Waals surface area contributed by atoms with E-state index in [1.807, 2.05) is 6.92 Å². The molecule has 1 amide bonds. The number of carbonyl (C=O) groups excluding carboxylic acids is 2. The van der Waals surface area contributed by atoms with E-state index < -0.39 is 21.9 Å². The van der Waals surface area contributed by atoms with Gasteiger partial charge in [-0.1, -0.05) is 27.5 Å². The lowest BCUT2D eigenvalue weighted by molar-refractivity contribution is 0.0734. The summed E-state index contributed by atoms with van der Waals surface area (Å²) < 4.78 is 39.2. The maximum atomic E-state index is 12.7. The second kappa shape index (κ2) is 13.4. The van der Waals surface area contributed by atoms with Crippen LogP contribution in [0.15, 0.2) is 105 Å². The number of hydrogen-bond acceptors (Lipinski definition) is 7. The molecule has 0 fully saturated rings. The van der Waals surface area contributed by atoms with Gasteiger partial charge in [-0.25, -0.2) is 18.6 Å². The highest BCUT2D eigenvalue weighted by molar-refractivity contribution is 9.10. The van der Waals surface area contributed by atoms with Crippen molar-refractivity contribution in [3.63, 3.8) is 0 Å². The number of benzene rings is 4. The smallest absolute Gasteiger partial charge is 0.343 e. The third kappa shape index (κ3) is 8.16. The molecule has 0 atom stereocenters. The van der Waals surface area contributed by atoms with Crippen molar-refractivity contribution in [3.05, 3.63) is 117 Å². The molecule has 9 nitrogen and oxygen atoms in total. The summed E-state index contributed by atoms with van der Waals surface area (Å²) in [6.45, 7) is 2.38. The zero-order valence-electron chi connectivity index (χ0n) is 21.5. The van der Waals surface area contributed by atoms with Gasteiger partial charge >= 0.3 is 5.97 Å². The number of nitrogens with one attached hydrogen (secondary N) is 2. The molecule has 0 saturated heterocycles. The Morgan fingerprint density at radius 3 is 2.24 bits per heavy atom. The summed E-state index contributed by atoms with van der Waals surface area (Å²) in [6.07, 6.45) is 1.35. The lowest BCUT2D eigenvalue weighted by atomic mass is 10.2. The predicted molar refractivity (Wildman–Crippen MR) is 160 cm³/mol. The van der Waals surface area contributed by atoms with Crippen LogP contribution in [0.5, 0.6) is 11.5 Å². The quantitative estimate of drug-likeness (QED) is 0.0896. The van der Waals surface area contributed by atoms with Gasteiger partial charge in [0, 0.05) is 26.3 Å². The number of ether oxygens (including phenoxy) is 2. The lowest BCUT2D eigenvalue weighted by Crippen LogP contribution is -2.18. The Labute approximate surface area is 250 Å². The van der Waals surface area contributed by atoms with E-state index in [0.717, 1.165) is 0 Å². The van der Waals surface area contributed by atoms with Gasteiger partial charge in [-0.15, -0.1) is 0 Å². The summed E-state index contributed by atoms with van der Waals surface area (Å²) in [5.74, 6) is -0.218. The SMILES string of the molecule is CCOc1ccc(C(=O)Oc2ccc(Br)cc2/C=N\NC(=O)c2ccc(NS(=O)(=O)c3ccc(Cl)cc3)cc2)cc1. The number of carbonyl (C=O) groups is 2. The zero-order chi connectivity index (χ0) is 29.4. The molecular formula is C29H23BrClN3O6S. The number of amides is 1. The molecule has 0 aliphatic heterocycles. The topological polar surface area (TPSA) is 123 Å². The van der Waals surface area contributed by atoms with E-state index in [0.29, 0.717) is 33.0 Å². The van der Waals surface area contributed by atoms with Crippen LogP contribution in [0.4, 0.5) is 5.69 Å². The number of esters is 1. The minimum Gasteiger partial charge on any atom is -0.494 e. The first kappa shape index (κ1) is 29.8. The molecule has 210 valence electrons. The van der Waals surface area contributed by atoms with E-state index in [4.69, 9.17) is 21.1 Å². The van der Waals surface area contributed by atoms with Gasteiger partial charge in [0.15, 0.2) is 0 Å². The van der Waals surface area contributed by atoms with Crippen molar-refractivity contribution in [1.29, 1.82) is 0 Å².